The van der Waals surface area contributed by atoms with Crippen LogP contribution < -0.4 is 9.80 Å². The normalized spacial score (nSPS) is 16.0. The van der Waals surface area contributed by atoms with Gasteiger partial charge in [-0.3, -0.25) is 0 Å². The van der Waals surface area contributed by atoms with Crippen molar-refractivity contribution in [1.82, 2.24) is 0 Å². The molecule has 0 amide bonds. The molecule has 0 N–H and O–H groups in total. The second kappa shape index (κ2) is 13.0. The molecule has 0 saturated carbocycles. The van der Waals surface area contributed by atoms with Gasteiger partial charge in [-0.1, -0.05) is 73.2 Å². The molecule has 0 bridgehead atoms. The fraction of sp³-hybridized carbons (Fsp3) is 0.209. The molecule has 4 aromatic carbocycles. The van der Waals surface area contributed by atoms with Crippen molar-refractivity contribution in [2.24, 2.45) is 5.92 Å². The first-order chi connectivity index (χ1) is 21.8. The van der Waals surface area contributed by atoms with Crippen molar-refractivity contribution in [1.29, 1.82) is 0 Å². The fourth-order valence-corrected chi connectivity index (χ4v) is 6.50. The van der Waals surface area contributed by atoms with Gasteiger partial charge in [0.2, 0.25) is 0 Å². The lowest BCUT2D eigenvalue weighted by Crippen LogP contribution is -2.18. The molecule has 0 fully saturated rings. The Kier molecular flexibility index (Phi) is 8.76. The Morgan fingerprint density at radius 3 is 1.64 bits per heavy atom. The van der Waals surface area contributed by atoms with Gasteiger partial charge in [0, 0.05) is 34.1 Å². The Bertz CT molecular complexity index is 1880. The van der Waals surface area contributed by atoms with Gasteiger partial charge >= 0.3 is 0 Å². The van der Waals surface area contributed by atoms with E-state index in [1.807, 2.05) is 0 Å². The third-order valence-corrected chi connectivity index (χ3v) is 8.75. The van der Waals surface area contributed by atoms with Crippen LogP contribution in [0.2, 0.25) is 0 Å². The van der Waals surface area contributed by atoms with Crippen LogP contribution in [0, 0.1) is 33.6 Å². The predicted octanol–water partition coefficient (Wildman–Crippen LogP) is 12.1. The number of hydrogen-bond acceptors (Lipinski definition) is 2. The first-order valence-electron chi connectivity index (χ1n) is 16.2. The van der Waals surface area contributed by atoms with Crippen molar-refractivity contribution in [3.05, 3.63) is 167 Å². The summed E-state index contributed by atoms with van der Waals surface area (Å²) in [6.45, 7) is 13.3. The number of anilines is 4. The van der Waals surface area contributed by atoms with Crippen LogP contribution in [0.15, 0.2) is 144 Å². The van der Waals surface area contributed by atoms with E-state index in [9.17, 15) is 0 Å². The molecule has 0 saturated heterocycles. The Morgan fingerprint density at radius 2 is 1.11 bits per heavy atom. The summed E-state index contributed by atoms with van der Waals surface area (Å²) in [5.74, 6) is 0.516. The highest BCUT2D eigenvalue weighted by atomic mass is 15.2. The molecule has 0 radical (unpaired) electrons. The average Bonchev–Trinajstić information content (AvgIpc) is 3.22. The van der Waals surface area contributed by atoms with E-state index in [1.54, 1.807) is 0 Å². The Labute approximate surface area is 270 Å². The minimum absolute atomic E-state index is 0.516. The minimum Gasteiger partial charge on any atom is -0.311 e. The zero-order chi connectivity index (χ0) is 31.5. The number of benzene rings is 4. The summed E-state index contributed by atoms with van der Waals surface area (Å²) in [7, 11) is 0. The standard InChI is InChI=1S/C43H44N2/c1-30-12-7-8-16-36(24-30)44(37-17-9-13-31(2)25-37)40-20-22-42(34(5)28-40)43-23-21-41(29-35(43)6)45(38-18-10-14-32(3)26-38)39-19-11-15-33(4)27-39/h8-14,16-29,33H,7,15H2,1-6H3. The first-order valence-corrected chi connectivity index (χ1v) is 16.2. The van der Waals surface area contributed by atoms with Gasteiger partial charge in [0.1, 0.15) is 0 Å². The second-order valence-corrected chi connectivity index (χ2v) is 12.7. The number of hydrogen-bond donors (Lipinski definition) is 0. The lowest BCUT2D eigenvalue weighted by atomic mass is 9.94. The van der Waals surface area contributed by atoms with Crippen LogP contribution in [-0.2, 0) is 0 Å². The molecule has 2 nitrogen and oxygen atoms in total. The molecule has 226 valence electrons. The van der Waals surface area contributed by atoms with Gasteiger partial charge in [-0.25, -0.2) is 0 Å². The maximum atomic E-state index is 2.40. The van der Waals surface area contributed by atoms with Gasteiger partial charge in [0.25, 0.3) is 0 Å². The number of aryl methyl sites for hydroxylation is 4. The Hall–Kier alpha value is -4.82. The van der Waals surface area contributed by atoms with Gasteiger partial charge in [-0.05, 0) is 154 Å². The van der Waals surface area contributed by atoms with Crippen molar-refractivity contribution in [2.75, 3.05) is 9.80 Å². The quantitative estimate of drug-likeness (QED) is 0.212. The highest BCUT2D eigenvalue weighted by Crippen LogP contribution is 2.39. The van der Waals surface area contributed by atoms with E-state index in [-0.39, 0.29) is 0 Å². The van der Waals surface area contributed by atoms with E-state index in [0.717, 1.165) is 18.5 Å². The van der Waals surface area contributed by atoms with Crippen LogP contribution in [0.25, 0.3) is 11.1 Å². The van der Waals surface area contributed by atoms with Crippen molar-refractivity contribution >= 4 is 22.7 Å². The SMILES string of the molecule is CC1=CCC=CC(N(c2cccc(C)c2)c2ccc(-c3ccc(N(C4=CC(C)CC=C4)c4cccc(C)c4)cc3C)c(C)c2)=C1. The highest BCUT2D eigenvalue weighted by molar-refractivity contribution is 5.80. The fourth-order valence-electron chi connectivity index (χ4n) is 6.50. The molecule has 2 heteroatoms. The van der Waals surface area contributed by atoms with Crippen molar-refractivity contribution in [2.45, 2.75) is 54.4 Å². The Morgan fingerprint density at radius 1 is 0.578 bits per heavy atom. The zero-order valence-corrected chi connectivity index (χ0v) is 27.5. The number of rotatable bonds is 7. The molecule has 2 aliphatic carbocycles. The first kappa shape index (κ1) is 30.2. The molecule has 1 unspecified atom stereocenters. The van der Waals surface area contributed by atoms with Crippen LogP contribution in [0.3, 0.4) is 0 Å². The molecule has 2 aliphatic rings. The highest BCUT2D eigenvalue weighted by Gasteiger charge is 2.19. The van der Waals surface area contributed by atoms with Crippen LogP contribution in [0.5, 0.6) is 0 Å². The topological polar surface area (TPSA) is 6.48 Å². The van der Waals surface area contributed by atoms with Crippen LogP contribution in [-0.4, -0.2) is 0 Å². The van der Waals surface area contributed by atoms with E-state index in [0.29, 0.717) is 5.92 Å². The lowest BCUT2D eigenvalue weighted by molar-refractivity contribution is 0.726. The minimum atomic E-state index is 0.516. The van der Waals surface area contributed by atoms with E-state index in [4.69, 9.17) is 0 Å². The maximum absolute atomic E-state index is 2.40. The summed E-state index contributed by atoms with van der Waals surface area (Å²) in [6, 6.07) is 31.4. The van der Waals surface area contributed by atoms with Gasteiger partial charge in [-0.15, -0.1) is 0 Å². The average molecular weight is 589 g/mol. The van der Waals surface area contributed by atoms with Crippen molar-refractivity contribution in [3.8, 4) is 11.1 Å². The van der Waals surface area contributed by atoms with E-state index in [1.165, 1.54) is 67.4 Å². The molecular weight excluding hydrogens is 544 g/mol. The van der Waals surface area contributed by atoms with E-state index >= 15 is 0 Å². The molecule has 0 aliphatic heterocycles. The second-order valence-electron chi connectivity index (χ2n) is 12.7. The molecule has 6 rings (SSSR count). The number of allylic oxidation sites excluding steroid dienone is 8. The summed E-state index contributed by atoms with van der Waals surface area (Å²) in [5.41, 5.74) is 16.0. The predicted molar refractivity (Wildman–Crippen MR) is 195 cm³/mol. The van der Waals surface area contributed by atoms with Crippen LogP contribution in [0.1, 0.15) is 48.9 Å². The maximum Gasteiger partial charge on any atom is 0.0464 e. The molecule has 1 atom stereocenters. The van der Waals surface area contributed by atoms with Crippen molar-refractivity contribution < 1.29 is 0 Å². The van der Waals surface area contributed by atoms with Crippen LogP contribution in [0.4, 0.5) is 22.7 Å². The van der Waals surface area contributed by atoms with Gasteiger partial charge in [-0.2, -0.15) is 0 Å². The largest absolute Gasteiger partial charge is 0.311 e. The van der Waals surface area contributed by atoms with Gasteiger partial charge in [0.15, 0.2) is 0 Å². The van der Waals surface area contributed by atoms with E-state index < -0.39 is 0 Å². The monoisotopic (exact) mass is 588 g/mol. The summed E-state index contributed by atoms with van der Waals surface area (Å²) < 4.78 is 0. The number of nitrogens with zero attached hydrogens (tertiary/aromatic N) is 2. The third kappa shape index (κ3) is 6.66. The zero-order valence-electron chi connectivity index (χ0n) is 27.5. The van der Waals surface area contributed by atoms with Gasteiger partial charge < -0.3 is 9.80 Å². The van der Waals surface area contributed by atoms with Crippen molar-refractivity contribution in [3.63, 3.8) is 0 Å². The summed E-state index contributed by atoms with van der Waals surface area (Å²) in [6.07, 6.45) is 18.1. The molecule has 0 spiro atoms. The molecule has 4 aromatic rings. The summed E-state index contributed by atoms with van der Waals surface area (Å²) in [5, 5.41) is 0. The van der Waals surface area contributed by atoms with E-state index in [2.05, 4.69) is 179 Å². The lowest BCUT2D eigenvalue weighted by Gasteiger charge is -2.30. The molecule has 0 heterocycles. The van der Waals surface area contributed by atoms with Crippen LogP contribution >= 0.6 is 0 Å². The third-order valence-electron chi connectivity index (χ3n) is 8.75. The summed E-state index contributed by atoms with van der Waals surface area (Å²) >= 11 is 0. The molecular formula is C43H44N2. The molecule has 45 heavy (non-hydrogen) atoms. The molecule has 0 aromatic heterocycles. The Balaban J connectivity index is 1.39. The summed E-state index contributed by atoms with van der Waals surface area (Å²) in [4.78, 5) is 4.78. The smallest absolute Gasteiger partial charge is 0.0464 e. The van der Waals surface area contributed by atoms with Gasteiger partial charge in [0.05, 0.1) is 0 Å².